The van der Waals surface area contributed by atoms with Crippen molar-refractivity contribution in [3.8, 4) is 5.75 Å². The maximum Gasteiger partial charge on any atom is 0.274 e. The third kappa shape index (κ3) is 4.01. The molecule has 0 radical (unpaired) electrons. The van der Waals surface area contributed by atoms with Gasteiger partial charge in [-0.05, 0) is 11.6 Å². The van der Waals surface area contributed by atoms with Gasteiger partial charge in [0.1, 0.15) is 10.6 Å². The van der Waals surface area contributed by atoms with Gasteiger partial charge in [0.2, 0.25) is 10.0 Å². The molecular weight excluding hydrogens is 360 g/mol. The second kappa shape index (κ2) is 7.81. The average Bonchev–Trinajstić information content (AvgIpc) is 2.61. The first-order valence-electron chi connectivity index (χ1n) is 7.69. The summed E-state index contributed by atoms with van der Waals surface area (Å²) in [7, 11) is 0.00742. The van der Waals surface area contributed by atoms with Crippen molar-refractivity contribution in [2.45, 2.75) is 17.4 Å². The molecule has 2 rings (SSSR count). The van der Waals surface area contributed by atoms with Crippen molar-refractivity contribution in [1.29, 1.82) is 0 Å². The zero-order valence-electron chi connectivity index (χ0n) is 14.6. The van der Waals surface area contributed by atoms with Crippen molar-refractivity contribution in [3.63, 3.8) is 0 Å². The molecule has 0 aliphatic heterocycles. The summed E-state index contributed by atoms with van der Waals surface area (Å²) in [6.45, 7) is 0. The van der Waals surface area contributed by atoms with Gasteiger partial charge in [-0.3, -0.25) is 10.1 Å². The predicted octanol–water partition coefficient (Wildman–Crippen LogP) is 2.13. The summed E-state index contributed by atoms with van der Waals surface area (Å²) in [5, 5.41) is 21.8. The molecule has 2 aromatic rings. The Morgan fingerprint density at radius 3 is 2.35 bits per heavy atom. The Labute approximate surface area is 151 Å². The number of benzene rings is 2. The van der Waals surface area contributed by atoms with Crippen molar-refractivity contribution in [2.75, 3.05) is 21.2 Å². The van der Waals surface area contributed by atoms with E-state index in [9.17, 15) is 23.6 Å². The van der Waals surface area contributed by atoms with Crippen LogP contribution in [0.5, 0.6) is 5.75 Å². The molecule has 140 valence electrons. The fourth-order valence-corrected chi connectivity index (χ4v) is 3.53. The van der Waals surface area contributed by atoms with Crippen molar-refractivity contribution in [2.24, 2.45) is 0 Å². The Balaban J connectivity index is 2.55. The molecule has 0 spiro atoms. The van der Waals surface area contributed by atoms with Crippen LogP contribution in [-0.4, -0.2) is 44.0 Å². The highest BCUT2D eigenvalue weighted by molar-refractivity contribution is 7.89. The van der Waals surface area contributed by atoms with E-state index in [-0.39, 0.29) is 28.3 Å². The summed E-state index contributed by atoms with van der Waals surface area (Å²) in [4.78, 5) is 10.5. The first-order chi connectivity index (χ1) is 12.2. The standard InChI is InChI=1S/C17H20N2O6S/c1-18(2)26(23,24)17-11-14(19(21)22)13(10-16(17)25-3)9-15(20)12-7-5-4-6-8-12/h4-8,10-11,15,20H,9H2,1-3H3. The van der Waals surface area contributed by atoms with E-state index >= 15 is 0 Å². The quantitative estimate of drug-likeness (QED) is 0.582. The Bertz CT molecular complexity index is 897. The third-order valence-electron chi connectivity index (χ3n) is 3.92. The summed E-state index contributed by atoms with van der Waals surface area (Å²) in [5.74, 6) is -0.0143. The number of nitro benzene ring substituents is 1. The topological polar surface area (TPSA) is 110 Å². The van der Waals surface area contributed by atoms with Crippen LogP contribution < -0.4 is 4.74 Å². The van der Waals surface area contributed by atoms with Gasteiger partial charge in [-0.1, -0.05) is 30.3 Å². The van der Waals surface area contributed by atoms with Crippen LogP contribution >= 0.6 is 0 Å². The van der Waals surface area contributed by atoms with E-state index in [1.54, 1.807) is 30.3 Å². The zero-order chi connectivity index (χ0) is 19.5. The molecule has 0 bridgehead atoms. The normalized spacial score (nSPS) is 12.8. The van der Waals surface area contributed by atoms with Gasteiger partial charge >= 0.3 is 0 Å². The fourth-order valence-electron chi connectivity index (χ4n) is 2.48. The highest BCUT2D eigenvalue weighted by Crippen LogP contribution is 2.35. The molecule has 26 heavy (non-hydrogen) atoms. The molecule has 8 nitrogen and oxygen atoms in total. The number of aliphatic hydroxyl groups excluding tert-OH is 1. The maximum atomic E-state index is 12.4. The van der Waals surface area contributed by atoms with Crippen molar-refractivity contribution in [1.82, 2.24) is 4.31 Å². The molecule has 1 N–H and O–H groups in total. The molecule has 0 aliphatic carbocycles. The van der Waals surface area contributed by atoms with Gasteiger partial charge in [-0.15, -0.1) is 0 Å². The molecule has 0 amide bonds. The molecule has 2 aromatic carbocycles. The van der Waals surface area contributed by atoms with E-state index in [4.69, 9.17) is 4.74 Å². The lowest BCUT2D eigenvalue weighted by Crippen LogP contribution is -2.23. The molecule has 0 aliphatic rings. The molecule has 9 heteroatoms. The maximum absolute atomic E-state index is 12.4. The molecule has 1 unspecified atom stereocenters. The molecular formula is C17H20N2O6S. The molecule has 0 fully saturated rings. The molecule has 0 heterocycles. The first kappa shape index (κ1) is 19.8. The van der Waals surface area contributed by atoms with E-state index in [0.29, 0.717) is 5.56 Å². The summed E-state index contributed by atoms with van der Waals surface area (Å²) in [6.07, 6.45) is -1.03. The summed E-state index contributed by atoms with van der Waals surface area (Å²) >= 11 is 0. The molecule has 0 aromatic heterocycles. The average molecular weight is 380 g/mol. The van der Waals surface area contributed by atoms with Crippen LogP contribution in [0.15, 0.2) is 47.4 Å². The van der Waals surface area contributed by atoms with Gasteiger partial charge in [0.25, 0.3) is 5.69 Å². The largest absolute Gasteiger partial charge is 0.495 e. The molecule has 0 saturated carbocycles. The first-order valence-corrected chi connectivity index (χ1v) is 9.13. The Hall–Kier alpha value is -2.49. The lowest BCUT2D eigenvalue weighted by Gasteiger charge is -2.17. The summed E-state index contributed by atoms with van der Waals surface area (Å²) in [5.41, 5.74) is 0.396. The SMILES string of the molecule is COc1cc(CC(O)c2ccccc2)c([N+](=O)[O-])cc1S(=O)(=O)N(C)C. The van der Waals surface area contributed by atoms with Gasteiger partial charge < -0.3 is 9.84 Å². The molecule has 1 atom stereocenters. The Kier molecular flexibility index (Phi) is 5.96. The second-order valence-electron chi connectivity index (χ2n) is 5.81. The highest BCUT2D eigenvalue weighted by Gasteiger charge is 2.29. The van der Waals surface area contributed by atoms with Crippen molar-refractivity contribution in [3.05, 3.63) is 63.7 Å². The Morgan fingerprint density at radius 2 is 1.85 bits per heavy atom. The fraction of sp³-hybridized carbons (Fsp3) is 0.294. The van der Waals surface area contributed by atoms with Crippen LogP contribution in [-0.2, 0) is 16.4 Å². The van der Waals surface area contributed by atoms with Gasteiger partial charge in [-0.2, -0.15) is 0 Å². The second-order valence-corrected chi connectivity index (χ2v) is 7.93. The number of nitrogens with zero attached hydrogens (tertiary/aromatic N) is 2. The van der Waals surface area contributed by atoms with E-state index < -0.39 is 21.1 Å². The minimum atomic E-state index is -3.93. The van der Waals surface area contributed by atoms with Crippen LogP contribution in [0, 0.1) is 10.1 Å². The summed E-state index contributed by atoms with van der Waals surface area (Å²) in [6, 6.07) is 11.0. The predicted molar refractivity (Wildman–Crippen MR) is 95.6 cm³/mol. The van der Waals surface area contributed by atoms with Gasteiger partial charge in [-0.25, -0.2) is 12.7 Å². The van der Waals surface area contributed by atoms with Crippen LogP contribution in [0.1, 0.15) is 17.2 Å². The number of sulfonamides is 1. The van der Waals surface area contributed by atoms with Crippen molar-refractivity contribution >= 4 is 15.7 Å². The number of methoxy groups -OCH3 is 1. The van der Waals surface area contributed by atoms with E-state index in [1.807, 2.05) is 0 Å². The number of aliphatic hydroxyl groups is 1. The smallest absolute Gasteiger partial charge is 0.274 e. The Morgan fingerprint density at radius 1 is 1.23 bits per heavy atom. The van der Waals surface area contributed by atoms with E-state index in [1.165, 1.54) is 27.3 Å². The lowest BCUT2D eigenvalue weighted by molar-refractivity contribution is -0.385. The molecule has 0 saturated heterocycles. The van der Waals surface area contributed by atoms with Gasteiger partial charge in [0, 0.05) is 32.1 Å². The number of rotatable bonds is 7. The van der Waals surface area contributed by atoms with E-state index in [0.717, 1.165) is 10.4 Å². The van der Waals surface area contributed by atoms with E-state index in [2.05, 4.69) is 0 Å². The van der Waals surface area contributed by atoms with Crippen LogP contribution in [0.3, 0.4) is 0 Å². The van der Waals surface area contributed by atoms with Crippen LogP contribution in [0.4, 0.5) is 5.69 Å². The van der Waals surface area contributed by atoms with Gasteiger partial charge in [0.05, 0.1) is 18.1 Å². The number of nitro groups is 1. The van der Waals surface area contributed by atoms with Crippen LogP contribution in [0.25, 0.3) is 0 Å². The number of hydrogen-bond acceptors (Lipinski definition) is 6. The summed E-state index contributed by atoms with van der Waals surface area (Å²) < 4.78 is 30.9. The van der Waals surface area contributed by atoms with Crippen molar-refractivity contribution < 1.29 is 23.2 Å². The third-order valence-corrected chi connectivity index (χ3v) is 5.75. The van der Waals surface area contributed by atoms with Crippen LogP contribution in [0.2, 0.25) is 0 Å². The zero-order valence-corrected chi connectivity index (χ0v) is 15.4. The monoisotopic (exact) mass is 380 g/mol. The number of hydrogen-bond donors (Lipinski definition) is 1. The minimum absolute atomic E-state index is 0.0143. The lowest BCUT2D eigenvalue weighted by atomic mass is 10.00. The minimum Gasteiger partial charge on any atom is -0.495 e. The highest BCUT2D eigenvalue weighted by atomic mass is 32.2. The van der Waals surface area contributed by atoms with Gasteiger partial charge in [0.15, 0.2) is 0 Å². The number of ether oxygens (including phenoxy) is 1.